The third kappa shape index (κ3) is 2.40. The molecule has 0 unspecified atom stereocenters. The summed E-state index contributed by atoms with van der Waals surface area (Å²) in [6.07, 6.45) is 10.5. The minimum absolute atomic E-state index is 0.151. The first kappa shape index (κ1) is 9.89. The minimum atomic E-state index is -0.151. The molecule has 0 aliphatic carbocycles. The molecule has 1 aromatic rings. The summed E-state index contributed by atoms with van der Waals surface area (Å²) in [5, 5.41) is 2.62. The molecule has 0 fully saturated rings. The SMILES string of the molecule is C#Cc1cc(C#C)cc(NC(C)=O)c1. The van der Waals surface area contributed by atoms with Crippen LogP contribution in [0.3, 0.4) is 0 Å². The van der Waals surface area contributed by atoms with E-state index in [4.69, 9.17) is 12.8 Å². The molecule has 0 aromatic heterocycles. The second-order valence-corrected chi connectivity index (χ2v) is 2.77. The van der Waals surface area contributed by atoms with Gasteiger partial charge in [-0.15, -0.1) is 12.8 Å². The van der Waals surface area contributed by atoms with Gasteiger partial charge >= 0.3 is 0 Å². The van der Waals surface area contributed by atoms with Crippen molar-refractivity contribution in [2.75, 3.05) is 5.32 Å². The average molecular weight is 183 g/mol. The smallest absolute Gasteiger partial charge is 0.221 e. The lowest BCUT2D eigenvalue weighted by Gasteiger charge is -2.03. The van der Waals surface area contributed by atoms with Crippen LogP contribution in [0.15, 0.2) is 18.2 Å². The van der Waals surface area contributed by atoms with Gasteiger partial charge in [-0.05, 0) is 18.2 Å². The Hall–Kier alpha value is -2.19. The van der Waals surface area contributed by atoms with E-state index in [1.807, 2.05) is 0 Å². The van der Waals surface area contributed by atoms with Crippen molar-refractivity contribution in [3.8, 4) is 24.7 Å². The van der Waals surface area contributed by atoms with Crippen molar-refractivity contribution in [3.05, 3.63) is 29.3 Å². The van der Waals surface area contributed by atoms with Crippen LogP contribution in [0.1, 0.15) is 18.1 Å². The molecule has 1 amide bonds. The van der Waals surface area contributed by atoms with E-state index in [-0.39, 0.29) is 5.91 Å². The molecule has 2 heteroatoms. The number of amides is 1. The normalized spacial score (nSPS) is 8.50. The number of hydrogen-bond acceptors (Lipinski definition) is 1. The van der Waals surface area contributed by atoms with Crippen LogP contribution in [0.4, 0.5) is 5.69 Å². The molecule has 1 aromatic carbocycles. The molecule has 0 radical (unpaired) electrons. The highest BCUT2D eigenvalue weighted by Gasteiger charge is 1.99. The number of terminal acetylenes is 2. The van der Waals surface area contributed by atoms with Crippen LogP contribution in [-0.2, 0) is 4.79 Å². The quantitative estimate of drug-likeness (QED) is 0.658. The number of carbonyl (C=O) groups is 1. The molecule has 0 atom stereocenters. The van der Waals surface area contributed by atoms with Gasteiger partial charge in [-0.2, -0.15) is 0 Å². The summed E-state index contributed by atoms with van der Waals surface area (Å²) in [7, 11) is 0. The summed E-state index contributed by atoms with van der Waals surface area (Å²) in [5.41, 5.74) is 1.94. The third-order valence-corrected chi connectivity index (χ3v) is 1.59. The van der Waals surface area contributed by atoms with Crippen LogP contribution in [-0.4, -0.2) is 5.91 Å². The van der Waals surface area contributed by atoms with E-state index in [0.29, 0.717) is 16.8 Å². The minimum Gasteiger partial charge on any atom is -0.326 e. The first-order chi connectivity index (χ1) is 6.65. The number of carbonyl (C=O) groups excluding carboxylic acids is 1. The van der Waals surface area contributed by atoms with Crippen LogP contribution in [0.2, 0.25) is 0 Å². The van der Waals surface area contributed by atoms with E-state index >= 15 is 0 Å². The van der Waals surface area contributed by atoms with Gasteiger partial charge < -0.3 is 5.32 Å². The fourth-order valence-electron chi connectivity index (χ4n) is 1.07. The van der Waals surface area contributed by atoms with Crippen molar-refractivity contribution in [3.63, 3.8) is 0 Å². The molecule has 0 aliphatic heterocycles. The summed E-state index contributed by atoms with van der Waals surface area (Å²) in [4.78, 5) is 10.8. The molecular weight excluding hydrogens is 174 g/mol. The van der Waals surface area contributed by atoms with E-state index in [1.54, 1.807) is 18.2 Å². The summed E-state index contributed by atoms with van der Waals surface area (Å²) in [5.74, 6) is 4.79. The van der Waals surface area contributed by atoms with Gasteiger partial charge in [0.05, 0.1) is 0 Å². The molecule has 0 saturated heterocycles. The van der Waals surface area contributed by atoms with E-state index in [9.17, 15) is 4.79 Å². The predicted octanol–water partition coefficient (Wildman–Crippen LogP) is 1.61. The summed E-state index contributed by atoms with van der Waals surface area (Å²) < 4.78 is 0. The van der Waals surface area contributed by atoms with Gasteiger partial charge in [0.2, 0.25) is 5.91 Å². The maximum atomic E-state index is 10.8. The molecule has 1 rings (SSSR count). The fourth-order valence-corrected chi connectivity index (χ4v) is 1.07. The number of hydrogen-bond donors (Lipinski definition) is 1. The molecule has 1 N–H and O–H groups in total. The van der Waals surface area contributed by atoms with Gasteiger partial charge in [0, 0.05) is 23.7 Å². The van der Waals surface area contributed by atoms with Gasteiger partial charge in [0.1, 0.15) is 0 Å². The van der Waals surface area contributed by atoms with Crippen LogP contribution >= 0.6 is 0 Å². The number of nitrogens with one attached hydrogen (secondary N) is 1. The Bertz CT molecular complexity index is 414. The molecule has 0 aliphatic rings. The average Bonchev–Trinajstić information content (AvgIpc) is 2.16. The second-order valence-electron chi connectivity index (χ2n) is 2.77. The molecule has 0 saturated carbocycles. The molecule has 0 heterocycles. The Morgan fingerprint density at radius 2 is 1.71 bits per heavy atom. The lowest BCUT2D eigenvalue weighted by atomic mass is 10.1. The highest BCUT2D eigenvalue weighted by Crippen LogP contribution is 2.13. The van der Waals surface area contributed by atoms with Crippen LogP contribution < -0.4 is 5.32 Å². The van der Waals surface area contributed by atoms with Gasteiger partial charge in [-0.1, -0.05) is 11.8 Å². The summed E-state index contributed by atoms with van der Waals surface area (Å²) in [6, 6.07) is 5.11. The molecule has 68 valence electrons. The standard InChI is InChI=1S/C12H9NO/c1-4-10-6-11(5-2)8-12(7-10)13-9(3)14/h1-2,6-8H,3H3,(H,13,14). The topological polar surface area (TPSA) is 29.1 Å². The summed E-state index contributed by atoms with van der Waals surface area (Å²) in [6.45, 7) is 1.43. The molecular formula is C12H9NO. The van der Waals surface area contributed by atoms with Crippen LogP contribution in [0.25, 0.3) is 0 Å². The lowest BCUT2D eigenvalue weighted by Crippen LogP contribution is -2.06. The number of rotatable bonds is 1. The highest BCUT2D eigenvalue weighted by atomic mass is 16.1. The lowest BCUT2D eigenvalue weighted by molar-refractivity contribution is -0.114. The van der Waals surface area contributed by atoms with E-state index in [0.717, 1.165) is 0 Å². The maximum absolute atomic E-state index is 10.8. The van der Waals surface area contributed by atoms with Crippen molar-refractivity contribution in [1.29, 1.82) is 0 Å². The zero-order valence-electron chi connectivity index (χ0n) is 7.79. The molecule has 0 spiro atoms. The predicted molar refractivity (Wildman–Crippen MR) is 56.6 cm³/mol. The van der Waals surface area contributed by atoms with E-state index < -0.39 is 0 Å². The largest absolute Gasteiger partial charge is 0.326 e. The van der Waals surface area contributed by atoms with Crippen LogP contribution in [0, 0.1) is 24.7 Å². The maximum Gasteiger partial charge on any atom is 0.221 e. The Morgan fingerprint density at radius 1 is 1.21 bits per heavy atom. The molecule has 14 heavy (non-hydrogen) atoms. The molecule has 2 nitrogen and oxygen atoms in total. The van der Waals surface area contributed by atoms with Crippen molar-refractivity contribution < 1.29 is 4.79 Å². The first-order valence-corrected chi connectivity index (χ1v) is 4.01. The van der Waals surface area contributed by atoms with Gasteiger partial charge in [-0.3, -0.25) is 4.79 Å². The van der Waals surface area contributed by atoms with Gasteiger partial charge in [0.25, 0.3) is 0 Å². The summed E-state index contributed by atoms with van der Waals surface area (Å²) >= 11 is 0. The monoisotopic (exact) mass is 183 g/mol. The van der Waals surface area contributed by atoms with Crippen LogP contribution in [0.5, 0.6) is 0 Å². The Labute approximate surface area is 83.3 Å². The van der Waals surface area contributed by atoms with E-state index in [2.05, 4.69) is 17.2 Å². The Kier molecular flexibility index (Phi) is 2.94. The van der Waals surface area contributed by atoms with Crippen molar-refractivity contribution in [2.45, 2.75) is 6.92 Å². The third-order valence-electron chi connectivity index (χ3n) is 1.59. The Balaban J connectivity index is 3.14. The van der Waals surface area contributed by atoms with E-state index in [1.165, 1.54) is 6.92 Å². The number of benzene rings is 1. The van der Waals surface area contributed by atoms with Gasteiger partial charge in [0.15, 0.2) is 0 Å². The van der Waals surface area contributed by atoms with Crippen molar-refractivity contribution >= 4 is 11.6 Å². The fraction of sp³-hybridized carbons (Fsp3) is 0.0833. The first-order valence-electron chi connectivity index (χ1n) is 4.01. The second kappa shape index (κ2) is 4.16. The number of anilines is 1. The molecule has 0 bridgehead atoms. The van der Waals surface area contributed by atoms with Crippen molar-refractivity contribution in [2.24, 2.45) is 0 Å². The van der Waals surface area contributed by atoms with Crippen molar-refractivity contribution in [1.82, 2.24) is 0 Å². The highest BCUT2D eigenvalue weighted by molar-refractivity contribution is 5.89. The van der Waals surface area contributed by atoms with Gasteiger partial charge in [-0.25, -0.2) is 0 Å². The zero-order chi connectivity index (χ0) is 10.6. The zero-order valence-corrected chi connectivity index (χ0v) is 7.79. The Morgan fingerprint density at radius 3 is 2.07 bits per heavy atom.